The number of hydrogen-bond acceptors (Lipinski definition) is 4. The standard InChI is InChI=1S/C15H31NO3/c1-4-6-7-8-9-12-18-13-10-11-15(3,16)14(17)19-5-2/h4-13,16H2,1-3H3. The van der Waals surface area contributed by atoms with Gasteiger partial charge in [0.2, 0.25) is 0 Å². The fourth-order valence-electron chi connectivity index (χ4n) is 1.85. The van der Waals surface area contributed by atoms with Crippen molar-refractivity contribution in [2.45, 2.75) is 71.3 Å². The molecular weight excluding hydrogens is 242 g/mol. The molecule has 0 saturated carbocycles. The second kappa shape index (κ2) is 11.2. The lowest BCUT2D eigenvalue weighted by molar-refractivity contribution is -0.149. The van der Waals surface area contributed by atoms with Crippen LogP contribution in [0.3, 0.4) is 0 Å². The summed E-state index contributed by atoms with van der Waals surface area (Å²) in [7, 11) is 0. The predicted molar refractivity (Wildman–Crippen MR) is 78.0 cm³/mol. The normalized spacial score (nSPS) is 14.1. The molecule has 0 spiro atoms. The summed E-state index contributed by atoms with van der Waals surface area (Å²) in [6, 6.07) is 0. The molecule has 114 valence electrons. The van der Waals surface area contributed by atoms with Gasteiger partial charge in [-0.3, -0.25) is 4.79 Å². The summed E-state index contributed by atoms with van der Waals surface area (Å²) in [6.45, 7) is 7.57. The fraction of sp³-hybridized carbons (Fsp3) is 0.933. The van der Waals surface area contributed by atoms with Crippen LogP contribution in [0.4, 0.5) is 0 Å². The first-order chi connectivity index (χ1) is 9.04. The largest absolute Gasteiger partial charge is 0.465 e. The second-order valence-corrected chi connectivity index (χ2v) is 5.27. The highest BCUT2D eigenvalue weighted by atomic mass is 16.5. The third kappa shape index (κ3) is 9.91. The van der Waals surface area contributed by atoms with E-state index in [1.807, 2.05) is 0 Å². The summed E-state index contributed by atoms with van der Waals surface area (Å²) in [5.74, 6) is -0.324. The average Bonchev–Trinajstić information content (AvgIpc) is 2.37. The van der Waals surface area contributed by atoms with Gasteiger partial charge in [-0.15, -0.1) is 0 Å². The van der Waals surface area contributed by atoms with Crippen molar-refractivity contribution < 1.29 is 14.3 Å². The van der Waals surface area contributed by atoms with Gasteiger partial charge in [0, 0.05) is 13.2 Å². The number of nitrogens with two attached hydrogens (primary N) is 1. The highest BCUT2D eigenvalue weighted by molar-refractivity contribution is 5.79. The Morgan fingerprint density at radius 3 is 2.32 bits per heavy atom. The van der Waals surface area contributed by atoms with Crippen LogP contribution in [-0.4, -0.2) is 31.3 Å². The van der Waals surface area contributed by atoms with E-state index in [0.29, 0.717) is 19.6 Å². The highest BCUT2D eigenvalue weighted by Gasteiger charge is 2.29. The molecule has 0 aromatic carbocycles. The smallest absolute Gasteiger partial charge is 0.325 e. The molecule has 0 bridgehead atoms. The molecule has 0 aliphatic rings. The van der Waals surface area contributed by atoms with Crippen LogP contribution < -0.4 is 5.73 Å². The Hall–Kier alpha value is -0.610. The first kappa shape index (κ1) is 18.4. The maximum Gasteiger partial charge on any atom is 0.325 e. The van der Waals surface area contributed by atoms with E-state index in [1.54, 1.807) is 13.8 Å². The minimum absolute atomic E-state index is 0.324. The van der Waals surface area contributed by atoms with Crippen molar-refractivity contribution in [1.29, 1.82) is 0 Å². The van der Waals surface area contributed by atoms with Crippen molar-refractivity contribution in [3.8, 4) is 0 Å². The molecule has 0 aliphatic heterocycles. The van der Waals surface area contributed by atoms with Gasteiger partial charge < -0.3 is 15.2 Å². The zero-order valence-electron chi connectivity index (χ0n) is 12.9. The Balaban J connectivity index is 3.45. The molecule has 0 saturated heterocycles. The zero-order valence-corrected chi connectivity index (χ0v) is 12.9. The molecule has 0 amide bonds. The summed E-state index contributed by atoms with van der Waals surface area (Å²) in [5.41, 5.74) is 5.02. The average molecular weight is 273 g/mol. The van der Waals surface area contributed by atoms with Crippen molar-refractivity contribution in [3.63, 3.8) is 0 Å². The van der Waals surface area contributed by atoms with Crippen LogP contribution in [-0.2, 0) is 14.3 Å². The third-order valence-corrected chi connectivity index (χ3v) is 3.12. The third-order valence-electron chi connectivity index (χ3n) is 3.12. The van der Waals surface area contributed by atoms with E-state index in [9.17, 15) is 4.79 Å². The predicted octanol–water partition coefficient (Wildman–Crippen LogP) is 3.03. The molecule has 0 aliphatic carbocycles. The van der Waals surface area contributed by atoms with Crippen molar-refractivity contribution in [2.24, 2.45) is 5.73 Å². The lowest BCUT2D eigenvalue weighted by atomic mass is 9.98. The molecule has 19 heavy (non-hydrogen) atoms. The summed E-state index contributed by atoms with van der Waals surface area (Å²) < 4.78 is 10.5. The van der Waals surface area contributed by atoms with E-state index in [-0.39, 0.29) is 5.97 Å². The van der Waals surface area contributed by atoms with E-state index >= 15 is 0 Å². The van der Waals surface area contributed by atoms with Crippen LogP contribution >= 0.6 is 0 Å². The molecule has 0 heterocycles. The molecule has 0 rings (SSSR count). The Morgan fingerprint density at radius 2 is 1.68 bits per heavy atom. The molecule has 1 unspecified atom stereocenters. The quantitative estimate of drug-likeness (QED) is 0.438. The maximum absolute atomic E-state index is 11.5. The minimum atomic E-state index is -0.888. The van der Waals surface area contributed by atoms with E-state index in [4.69, 9.17) is 15.2 Å². The molecule has 1 atom stereocenters. The first-order valence-corrected chi connectivity index (χ1v) is 7.58. The maximum atomic E-state index is 11.5. The number of ether oxygens (including phenoxy) is 2. The molecule has 0 radical (unpaired) electrons. The van der Waals surface area contributed by atoms with E-state index in [2.05, 4.69) is 6.92 Å². The summed E-state index contributed by atoms with van der Waals surface area (Å²) in [6.07, 6.45) is 7.63. The lowest BCUT2D eigenvalue weighted by Crippen LogP contribution is -2.46. The minimum Gasteiger partial charge on any atom is -0.465 e. The van der Waals surface area contributed by atoms with Gasteiger partial charge in [0.1, 0.15) is 5.54 Å². The van der Waals surface area contributed by atoms with Crippen molar-refractivity contribution in [3.05, 3.63) is 0 Å². The monoisotopic (exact) mass is 273 g/mol. The second-order valence-electron chi connectivity index (χ2n) is 5.27. The molecule has 2 N–H and O–H groups in total. The lowest BCUT2D eigenvalue weighted by Gasteiger charge is -2.21. The van der Waals surface area contributed by atoms with Gasteiger partial charge in [-0.2, -0.15) is 0 Å². The Bertz CT molecular complexity index is 229. The van der Waals surface area contributed by atoms with Crippen molar-refractivity contribution >= 4 is 5.97 Å². The Kier molecular flexibility index (Phi) is 10.9. The van der Waals surface area contributed by atoms with Gasteiger partial charge in [0.05, 0.1) is 6.61 Å². The fourth-order valence-corrected chi connectivity index (χ4v) is 1.85. The summed E-state index contributed by atoms with van der Waals surface area (Å²) in [5, 5.41) is 0. The van der Waals surface area contributed by atoms with Crippen LogP contribution in [0.25, 0.3) is 0 Å². The van der Waals surface area contributed by atoms with Crippen molar-refractivity contribution in [1.82, 2.24) is 0 Å². The van der Waals surface area contributed by atoms with Crippen molar-refractivity contribution in [2.75, 3.05) is 19.8 Å². The molecule has 0 aromatic rings. The van der Waals surface area contributed by atoms with Gasteiger partial charge in [-0.1, -0.05) is 32.6 Å². The van der Waals surface area contributed by atoms with Crippen LogP contribution in [0.2, 0.25) is 0 Å². The Labute approximate surface area is 118 Å². The van der Waals surface area contributed by atoms with Gasteiger partial charge in [0.15, 0.2) is 0 Å². The Morgan fingerprint density at radius 1 is 1.05 bits per heavy atom. The topological polar surface area (TPSA) is 61.5 Å². The summed E-state index contributed by atoms with van der Waals surface area (Å²) >= 11 is 0. The van der Waals surface area contributed by atoms with Crippen LogP contribution in [0.5, 0.6) is 0 Å². The molecular formula is C15H31NO3. The molecule has 0 fully saturated rings. The number of hydrogen-bond donors (Lipinski definition) is 1. The number of carbonyl (C=O) groups is 1. The van der Waals surface area contributed by atoms with E-state index in [0.717, 1.165) is 19.4 Å². The number of carbonyl (C=O) groups excluding carboxylic acids is 1. The SMILES string of the molecule is CCCCCCCOCCCC(C)(N)C(=O)OCC. The van der Waals surface area contributed by atoms with Gasteiger partial charge in [-0.25, -0.2) is 0 Å². The van der Waals surface area contributed by atoms with Gasteiger partial charge >= 0.3 is 5.97 Å². The molecule has 0 aromatic heterocycles. The van der Waals surface area contributed by atoms with Crippen LogP contribution in [0.1, 0.15) is 65.7 Å². The molecule has 4 heteroatoms. The number of rotatable bonds is 12. The van der Waals surface area contributed by atoms with Gasteiger partial charge in [-0.05, 0) is 33.1 Å². The molecule has 4 nitrogen and oxygen atoms in total. The van der Waals surface area contributed by atoms with Crippen LogP contribution in [0, 0.1) is 0 Å². The summed E-state index contributed by atoms with van der Waals surface area (Å²) in [4.78, 5) is 11.5. The van der Waals surface area contributed by atoms with E-state index < -0.39 is 5.54 Å². The number of unbranched alkanes of at least 4 members (excludes halogenated alkanes) is 4. The first-order valence-electron chi connectivity index (χ1n) is 7.58. The van der Waals surface area contributed by atoms with Crippen LogP contribution in [0.15, 0.2) is 0 Å². The zero-order chi connectivity index (χ0) is 14.6. The highest BCUT2D eigenvalue weighted by Crippen LogP contribution is 2.11. The van der Waals surface area contributed by atoms with Gasteiger partial charge in [0.25, 0.3) is 0 Å². The van der Waals surface area contributed by atoms with E-state index in [1.165, 1.54) is 25.7 Å². The number of esters is 1.